The van der Waals surface area contributed by atoms with Gasteiger partial charge in [-0.2, -0.15) is 0 Å². The van der Waals surface area contributed by atoms with E-state index in [1.54, 1.807) is 0 Å². The topological polar surface area (TPSA) is 29.0 Å². The lowest BCUT2D eigenvalue weighted by Gasteiger charge is -2.16. The molecular weight excluding hydrogens is 268 g/mol. The lowest BCUT2D eigenvalue weighted by atomic mass is 9.90. The molecule has 3 rings (SSSR count). The van der Waals surface area contributed by atoms with Crippen molar-refractivity contribution in [2.45, 2.75) is 34.6 Å². The highest BCUT2D eigenvalue weighted by molar-refractivity contribution is 5.99. The SMILES string of the molecule is CC1=CC=C(/C(=C2/C=CC(C)=N2)c2c(C)cc(C)cc2C)[NH2+]1. The van der Waals surface area contributed by atoms with E-state index in [4.69, 9.17) is 4.99 Å². The van der Waals surface area contributed by atoms with Gasteiger partial charge >= 0.3 is 0 Å². The molecule has 0 spiro atoms. The number of nitrogens with zero attached hydrogens (tertiary/aromatic N) is 1. The van der Waals surface area contributed by atoms with Gasteiger partial charge in [-0.1, -0.05) is 17.7 Å². The second-order valence-corrected chi connectivity index (χ2v) is 6.30. The monoisotopic (exact) mass is 291 g/mol. The lowest BCUT2D eigenvalue weighted by Crippen LogP contribution is -2.78. The third-order valence-corrected chi connectivity index (χ3v) is 4.16. The largest absolute Gasteiger partial charge is 0.285 e. The van der Waals surface area contributed by atoms with Crippen LogP contribution in [-0.2, 0) is 0 Å². The summed E-state index contributed by atoms with van der Waals surface area (Å²) in [6.07, 6.45) is 8.59. The molecule has 1 aromatic rings. The Balaban J connectivity index is 2.23. The van der Waals surface area contributed by atoms with Crippen LogP contribution in [0.2, 0.25) is 0 Å². The van der Waals surface area contributed by atoms with Crippen molar-refractivity contribution in [3.05, 3.63) is 75.8 Å². The maximum atomic E-state index is 4.74. The zero-order chi connectivity index (χ0) is 15.9. The van der Waals surface area contributed by atoms with E-state index in [-0.39, 0.29) is 0 Å². The summed E-state index contributed by atoms with van der Waals surface area (Å²) in [6, 6.07) is 4.52. The molecule has 2 nitrogen and oxygen atoms in total. The smallest absolute Gasteiger partial charge is 0.144 e. The molecule has 0 amide bonds. The van der Waals surface area contributed by atoms with Gasteiger partial charge in [0.15, 0.2) is 0 Å². The Bertz CT molecular complexity index is 776. The van der Waals surface area contributed by atoms with E-state index in [9.17, 15) is 0 Å². The van der Waals surface area contributed by atoms with Crippen molar-refractivity contribution in [2.75, 3.05) is 0 Å². The molecule has 2 aliphatic rings. The van der Waals surface area contributed by atoms with Gasteiger partial charge in [0.25, 0.3) is 0 Å². The van der Waals surface area contributed by atoms with Crippen LogP contribution in [0.5, 0.6) is 0 Å². The molecule has 0 radical (unpaired) electrons. The highest BCUT2D eigenvalue weighted by Crippen LogP contribution is 2.33. The number of benzene rings is 1. The van der Waals surface area contributed by atoms with Gasteiger partial charge < -0.3 is 0 Å². The quantitative estimate of drug-likeness (QED) is 0.860. The summed E-state index contributed by atoms with van der Waals surface area (Å²) < 4.78 is 0. The number of nitrogens with two attached hydrogens (primary N) is 1. The summed E-state index contributed by atoms with van der Waals surface area (Å²) in [5.74, 6) is 0. The molecular formula is C20H23N2+. The first kappa shape index (κ1) is 14.7. The van der Waals surface area contributed by atoms with Crippen LogP contribution < -0.4 is 5.32 Å². The highest BCUT2D eigenvalue weighted by atomic mass is 14.9. The van der Waals surface area contributed by atoms with Crippen molar-refractivity contribution < 1.29 is 5.32 Å². The molecule has 0 saturated carbocycles. The van der Waals surface area contributed by atoms with Crippen LogP contribution in [0.4, 0.5) is 0 Å². The van der Waals surface area contributed by atoms with Gasteiger partial charge in [-0.25, -0.2) is 0 Å². The number of quaternary nitrogens is 1. The van der Waals surface area contributed by atoms with E-state index < -0.39 is 0 Å². The first-order valence-electron chi connectivity index (χ1n) is 7.75. The molecule has 1 aromatic carbocycles. The second kappa shape index (κ2) is 5.54. The average Bonchev–Trinajstić information content (AvgIpc) is 3.02. The van der Waals surface area contributed by atoms with Gasteiger partial charge in [-0.15, -0.1) is 0 Å². The molecule has 0 saturated heterocycles. The molecule has 2 heterocycles. The van der Waals surface area contributed by atoms with E-state index in [1.807, 2.05) is 6.92 Å². The van der Waals surface area contributed by atoms with Crippen LogP contribution in [0.3, 0.4) is 0 Å². The first-order chi connectivity index (χ1) is 10.5. The molecule has 0 bridgehead atoms. The fourth-order valence-electron chi connectivity index (χ4n) is 3.32. The molecule has 22 heavy (non-hydrogen) atoms. The first-order valence-corrected chi connectivity index (χ1v) is 7.75. The van der Waals surface area contributed by atoms with Crippen LogP contribution in [0.1, 0.15) is 36.1 Å². The Labute approximate surface area is 132 Å². The van der Waals surface area contributed by atoms with Crippen LogP contribution in [0, 0.1) is 20.8 Å². The maximum Gasteiger partial charge on any atom is 0.144 e. The number of aliphatic imine (C=N–C) groups is 1. The molecule has 0 fully saturated rings. The Hall–Kier alpha value is -2.19. The standard InChI is InChI=1S/C20H22N2/c1-12-10-13(2)19(14(3)11-12)20(17-8-6-15(4)21-17)18-9-7-16(5)22-18/h6-11,21H,1-5H3/p+1/b20-18+. The average molecular weight is 291 g/mol. The minimum Gasteiger partial charge on any atom is -0.285 e. The van der Waals surface area contributed by atoms with Crippen LogP contribution in [0.25, 0.3) is 5.57 Å². The molecule has 2 heteroatoms. The molecule has 0 unspecified atom stereocenters. The van der Waals surface area contributed by atoms with Crippen molar-refractivity contribution in [1.29, 1.82) is 0 Å². The van der Waals surface area contributed by atoms with Crippen molar-refractivity contribution in [2.24, 2.45) is 4.99 Å². The van der Waals surface area contributed by atoms with Gasteiger partial charge in [0, 0.05) is 24.8 Å². The number of aryl methyl sites for hydroxylation is 3. The number of allylic oxidation sites excluding steroid dienone is 6. The number of rotatable bonds is 2. The van der Waals surface area contributed by atoms with Gasteiger partial charge in [0.2, 0.25) is 0 Å². The second-order valence-electron chi connectivity index (χ2n) is 6.30. The van der Waals surface area contributed by atoms with Crippen molar-refractivity contribution in [3.63, 3.8) is 0 Å². The molecule has 112 valence electrons. The fourth-order valence-corrected chi connectivity index (χ4v) is 3.32. The van der Waals surface area contributed by atoms with E-state index in [1.165, 1.54) is 39.2 Å². The molecule has 0 atom stereocenters. The summed E-state index contributed by atoms with van der Waals surface area (Å²) in [5.41, 5.74) is 11.2. The Morgan fingerprint density at radius 3 is 2.09 bits per heavy atom. The van der Waals surface area contributed by atoms with Crippen molar-refractivity contribution in [1.82, 2.24) is 0 Å². The number of hydrogen-bond acceptors (Lipinski definition) is 1. The van der Waals surface area contributed by atoms with Crippen molar-refractivity contribution >= 4 is 11.3 Å². The zero-order valence-electron chi connectivity index (χ0n) is 14.0. The summed E-state index contributed by atoms with van der Waals surface area (Å²) >= 11 is 0. The predicted molar refractivity (Wildman–Crippen MR) is 93.6 cm³/mol. The van der Waals surface area contributed by atoms with Gasteiger partial charge in [0.1, 0.15) is 11.4 Å². The highest BCUT2D eigenvalue weighted by Gasteiger charge is 2.24. The fraction of sp³-hybridized carbons (Fsp3) is 0.250. The van der Waals surface area contributed by atoms with E-state index in [0.717, 1.165) is 11.4 Å². The van der Waals surface area contributed by atoms with Crippen LogP contribution in [-0.4, -0.2) is 5.71 Å². The molecule has 2 aliphatic heterocycles. The van der Waals surface area contributed by atoms with E-state index in [0.29, 0.717) is 0 Å². The molecule has 2 N–H and O–H groups in total. The Morgan fingerprint density at radius 2 is 1.59 bits per heavy atom. The summed E-state index contributed by atoms with van der Waals surface area (Å²) in [6.45, 7) is 10.7. The third-order valence-electron chi connectivity index (χ3n) is 4.16. The summed E-state index contributed by atoms with van der Waals surface area (Å²) in [5, 5.41) is 2.25. The minimum absolute atomic E-state index is 1.07. The molecule has 0 aromatic heterocycles. The summed E-state index contributed by atoms with van der Waals surface area (Å²) in [4.78, 5) is 4.74. The van der Waals surface area contributed by atoms with Crippen molar-refractivity contribution in [3.8, 4) is 0 Å². The van der Waals surface area contributed by atoms with Gasteiger partial charge in [0.05, 0.1) is 11.3 Å². The minimum atomic E-state index is 1.07. The lowest BCUT2D eigenvalue weighted by molar-refractivity contribution is -0.543. The predicted octanol–water partition coefficient (Wildman–Crippen LogP) is 3.72. The maximum absolute atomic E-state index is 4.74. The number of hydrogen-bond donors (Lipinski definition) is 1. The third kappa shape index (κ3) is 2.62. The van der Waals surface area contributed by atoms with Gasteiger partial charge in [-0.05, 0) is 56.5 Å². The Morgan fingerprint density at radius 1 is 0.909 bits per heavy atom. The molecule has 0 aliphatic carbocycles. The summed E-state index contributed by atoms with van der Waals surface area (Å²) in [7, 11) is 0. The van der Waals surface area contributed by atoms with Gasteiger partial charge in [-0.3, -0.25) is 10.3 Å². The van der Waals surface area contributed by atoms with Crippen LogP contribution >= 0.6 is 0 Å². The van der Waals surface area contributed by atoms with E-state index in [2.05, 4.69) is 69.4 Å². The van der Waals surface area contributed by atoms with E-state index >= 15 is 0 Å². The van der Waals surface area contributed by atoms with Crippen LogP contribution in [0.15, 0.2) is 58.5 Å². The Kier molecular flexibility index (Phi) is 3.71. The zero-order valence-corrected chi connectivity index (χ0v) is 14.0. The normalized spacial score (nSPS) is 19.2.